The van der Waals surface area contributed by atoms with Crippen molar-refractivity contribution in [2.75, 3.05) is 47.5 Å². The molecule has 0 bridgehead atoms. The number of carbonyl (C=O) groups is 3. The highest BCUT2D eigenvalue weighted by atomic mass is 31.2. The topological polar surface area (TPSA) is 125 Å². The lowest BCUT2D eigenvalue weighted by Gasteiger charge is -2.24. The second-order valence-electron chi connectivity index (χ2n) is 16.1. The van der Waals surface area contributed by atoms with Gasteiger partial charge in [-0.25, -0.2) is 4.57 Å². The number of phosphoric ester groups is 1. The molecule has 2 atom stereocenters. The lowest BCUT2D eigenvalue weighted by Crippen LogP contribution is -2.37. The molecule has 0 radical (unpaired) electrons. The van der Waals surface area contributed by atoms with E-state index in [4.69, 9.17) is 18.5 Å². The molecule has 0 rings (SSSR count). The van der Waals surface area contributed by atoms with E-state index in [0.29, 0.717) is 30.3 Å². The van der Waals surface area contributed by atoms with E-state index in [9.17, 15) is 23.8 Å². The summed E-state index contributed by atoms with van der Waals surface area (Å²) < 4.78 is 34.2. The predicted octanol–water partition coefficient (Wildman–Crippen LogP) is 11.5. The van der Waals surface area contributed by atoms with Crippen LogP contribution in [0.3, 0.4) is 0 Å². The fourth-order valence-electron chi connectivity index (χ4n) is 5.94. The standard InChI is InChI=1S/C44H82NO9P/c1-6-8-10-12-14-15-16-17-18-19-20-21-23-27-32-36-44(48)54-42(40-53-55(49,50)52-38-37-45(3,4)5)39-51-43(47)35-31-28-24-26-30-34-41(46)33-29-25-22-13-11-9-7-2/h22,25,29,33,42H,6-21,23-24,26-28,30-32,34-40H2,1-5H3/p+1/b25-22-,33-29+/t42-/m1/s1. The zero-order chi connectivity index (χ0) is 40.9. The van der Waals surface area contributed by atoms with Crippen LogP contribution in [-0.4, -0.2) is 80.7 Å². The second kappa shape index (κ2) is 36.5. The normalized spacial score (nSPS) is 13.7. The lowest BCUT2D eigenvalue weighted by molar-refractivity contribution is -0.870. The maximum absolute atomic E-state index is 12.7. The number of quaternary nitrogens is 1. The van der Waals surface area contributed by atoms with Crippen molar-refractivity contribution in [3.63, 3.8) is 0 Å². The average molecular weight is 801 g/mol. The van der Waals surface area contributed by atoms with Crippen molar-refractivity contribution in [1.82, 2.24) is 0 Å². The van der Waals surface area contributed by atoms with Gasteiger partial charge in [-0.15, -0.1) is 0 Å². The van der Waals surface area contributed by atoms with Crippen LogP contribution < -0.4 is 0 Å². The molecule has 0 spiro atoms. The van der Waals surface area contributed by atoms with E-state index < -0.39 is 32.5 Å². The summed E-state index contributed by atoms with van der Waals surface area (Å²) in [7, 11) is 1.41. The van der Waals surface area contributed by atoms with Gasteiger partial charge in [0, 0.05) is 19.3 Å². The lowest BCUT2D eigenvalue weighted by atomic mass is 10.0. The number of unbranched alkanes of at least 4 members (excludes halogenated alkanes) is 21. The van der Waals surface area contributed by atoms with Gasteiger partial charge < -0.3 is 18.9 Å². The molecule has 0 aromatic rings. The van der Waals surface area contributed by atoms with Crippen LogP contribution in [0.2, 0.25) is 0 Å². The van der Waals surface area contributed by atoms with Crippen molar-refractivity contribution in [2.24, 2.45) is 0 Å². The van der Waals surface area contributed by atoms with Gasteiger partial charge in [0.25, 0.3) is 0 Å². The summed E-state index contributed by atoms with van der Waals surface area (Å²) in [5.41, 5.74) is 0. The molecule has 11 heteroatoms. The number of allylic oxidation sites excluding steroid dienone is 4. The molecule has 0 aliphatic carbocycles. The van der Waals surface area contributed by atoms with Crippen molar-refractivity contribution in [1.29, 1.82) is 0 Å². The molecule has 322 valence electrons. The summed E-state index contributed by atoms with van der Waals surface area (Å²) in [4.78, 5) is 47.4. The van der Waals surface area contributed by atoms with E-state index in [0.717, 1.165) is 51.4 Å². The van der Waals surface area contributed by atoms with Gasteiger partial charge in [0.15, 0.2) is 11.9 Å². The molecular weight excluding hydrogens is 717 g/mol. The van der Waals surface area contributed by atoms with E-state index in [1.165, 1.54) is 89.9 Å². The number of hydrogen-bond acceptors (Lipinski definition) is 8. The quantitative estimate of drug-likeness (QED) is 0.0161. The van der Waals surface area contributed by atoms with Gasteiger partial charge >= 0.3 is 19.8 Å². The number of esters is 2. The summed E-state index contributed by atoms with van der Waals surface area (Å²) in [6.07, 6.45) is 34.7. The number of likely N-dealkylation sites (N-methyl/N-ethyl adjacent to an activating group) is 1. The number of phosphoric acid groups is 1. The molecule has 0 saturated heterocycles. The second-order valence-corrected chi connectivity index (χ2v) is 17.6. The Morgan fingerprint density at radius 3 is 1.60 bits per heavy atom. The van der Waals surface area contributed by atoms with Crippen LogP contribution in [0.1, 0.15) is 187 Å². The Hall–Kier alpha value is -1.84. The number of rotatable bonds is 40. The third-order valence-electron chi connectivity index (χ3n) is 9.46. The van der Waals surface area contributed by atoms with E-state index in [1.807, 2.05) is 33.3 Å². The molecular formula is C44H83NO9P+. The molecule has 0 amide bonds. The monoisotopic (exact) mass is 801 g/mol. The molecule has 0 saturated carbocycles. The van der Waals surface area contributed by atoms with E-state index in [1.54, 1.807) is 6.08 Å². The fraction of sp³-hybridized carbons (Fsp3) is 0.841. The molecule has 10 nitrogen and oxygen atoms in total. The SMILES string of the molecule is CCCCC/C=C\C=C\C(=O)CCCCCCCC(=O)OC[C@H](COP(=O)(O)OCC[N+](C)(C)C)OC(=O)CCCCCCCCCCCCCCCCC. The van der Waals surface area contributed by atoms with Gasteiger partial charge in [-0.2, -0.15) is 0 Å². The van der Waals surface area contributed by atoms with Crippen LogP contribution in [0.5, 0.6) is 0 Å². The Bertz CT molecular complexity index is 1060. The number of hydrogen-bond donors (Lipinski definition) is 1. The summed E-state index contributed by atoms with van der Waals surface area (Å²) in [5.74, 6) is -0.757. The molecule has 0 aliphatic heterocycles. The minimum absolute atomic E-state index is 0.0140. The van der Waals surface area contributed by atoms with Gasteiger partial charge in [0.2, 0.25) is 0 Å². The van der Waals surface area contributed by atoms with Crippen LogP contribution >= 0.6 is 7.82 Å². The predicted molar refractivity (Wildman–Crippen MR) is 225 cm³/mol. The maximum Gasteiger partial charge on any atom is 0.472 e. The van der Waals surface area contributed by atoms with Crippen LogP contribution in [0.15, 0.2) is 24.3 Å². The average Bonchev–Trinajstić information content (AvgIpc) is 3.12. The Morgan fingerprint density at radius 2 is 1.07 bits per heavy atom. The molecule has 0 aliphatic rings. The highest BCUT2D eigenvalue weighted by Crippen LogP contribution is 2.43. The van der Waals surface area contributed by atoms with Crippen LogP contribution in [-0.2, 0) is 37.5 Å². The van der Waals surface area contributed by atoms with Crippen LogP contribution in [0.25, 0.3) is 0 Å². The smallest absolute Gasteiger partial charge is 0.462 e. The van der Waals surface area contributed by atoms with Crippen LogP contribution in [0.4, 0.5) is 0 Å². The number of ketones is 1. The van der Waals surface area contributed by atoms with Crippen molar-refractivity contribution >= 4 is 25.5 Å². The zero-order valence-electron chi connectivity index (χ0n) is 35.9. The van der Waals surface area contributed by atoms with E-state index in [2.05, 4.69) is 19.9 Å². The number of ether oxygens (including phenoxy) is 2. The third-order valence-corrected chi connectivity index (χ3v) is 10.4. The first-order chi connectivity index (χ1) is 26.4. The molecule has 0 aromatic carbocycles. The molecule has 1 unspecified atom stereocenters. The van der Waals surface area contributed by atoms with Crippen molar-refractivity contribution in [2.45, 2.75) is 193 Å². The van der Waals surface area contributed by atoms with E-state index in [-0.39, 0.29) is 31.8 Å². The Morgan fingerprint density at radius 1 is 0.600 bits per heavy atom. The number of carbonyl (C=O) groups excluding carboxylic acids is 3. The van der Waals surface area contributed by atoms with Crippen molar-refractivity contribution in [3.05, 3.63) is 24.3 Å². The Kier molecular flexibility index (Phi) is 35.3. The minimum Gasteiger partial charge on any atom is -0.462 e. The molecule has 55 heavy (non-hydrogen) atoms. The first-order valence-corrected chi connectivity index (χ1v) is 23.5. The fourth-order valence-corrected chi connectivity index (χ4v) is 6.68. The molecule has 0 fully saturated rings. The van der Waals surface area contributed by atoms with Gasteiger partial charge in [0.1, 0.15) is 19.8 Å². The highest BCUT2D eigenvalue weighted by Gasteiger charge is 2.27. The largest absolute Gasteiger partial charge is 0.472 e. The van der Waals surface area contributed by atoms with Gasteiger partial charge in [0.05, 0.1) is 27.7 Å². The van der Waals surface area contributed by atoms with E-state index >= 15 is 0 Å². The maximum atomic E-state index is 12.7. The summed E-state index contributed by atoms with van der Waals surface area (Å²) in [6.45, 7) is 4.24. The van der Waals surface area contributed by atoms with Gasteiger partial charge in [-0.05, 0) is 38.2 Å². The number of nitrogens with zero attached hydrogens (tertiary/aromatic N) is 1. The first kappa shape index (κ1) is 53.2. The van der Waals surface area contributed by atoms with Crippen molar-refractivity contribution in [3.8, 4) is 0 Å². The zero-order valence-corrected chi connectivity index (χ0v) is 36.8. The molecule has 1 N–H and O–H groups in total. The highest BCUT2D eigenvalue weighted by molar-refractivity contribution is 7.47. The van der Waals surface area contributed by atoms with Crippen molar-refractivity contribution < 1.29 is 46.8 Å². The third kappa shape index (κ3) is 40.2. The summed E-state index contributed by atoms with van der Waals surface area (Å²) >= 11 is 0. The van der Waals surface area contributed by atoms with Gasteiger partial charge in [-0.1, -0.05) is 154 Å². The van der Waals surface area contributed by atoms with Gasteiger partial charge in [-0.3, -0.25) is 23.4 Å². The van der Waals surface area contributed by atoms with Crippen LogP contribution in [0, 0.1) is 0 Å². The minimum atomic E-state index is -4.40. The first-order valence-electron chi connectivity index (χ1n) is 22.0. The Balaban J connectivity index is 4.43. The summed E-state index contributed by atoms with van der Waals surface area (Å²) in [5, 5.41) is 0. The summed E-state index contributed by atoms with van der Waals surface area (Å²) in [6, 6.07) is 0. The molecule has 0 aromatic heterocycles. The Labute approximate surface area is 336 Å². The molecule has 0 heterocycles.